The lowest BCUT2D eigenvalue weighted by atomic mass is 9.90. The second-order valence-corrected chi connectivity index (χ2v) is 5.56. The van der Waals surface area contributed by atoms with Crippen LogP contribution >= 0.6 is 23.2 Å². The zero-order chi connectivity index (χ0) is 13.2. The van der Waals surface area contributed by atoms with Crippen molar-refractivity contribution in [2.75, 3.05) is 32.8 Å². The summed E-state index contributed by atoms with van der Waals surface area (Å²) in [6.45, 7) is 5.66. The van der Waals surface area contributed by atoms with Crippen LogP contribution in [0.25, 0.3) is 0 Å². The molecule has 0 amide bonds. The van der Waals surface area contributed by atoms with Crippen molar-refractivity contribution < 1.29 is 5.11 Å². The molecule has 1 heterocycles. The van der Waals surface area contributed by atoms with E-state index in [1.54, 1.807) is 6.07 Å². The minimum atomic E-state index is -0.482. The Balaban J connectivity index is 2.38. The fourth-order valence-electron chi connectivity index (χ4n) is 2.43. The van der Waals surface area contributed by atoms with Gasteiger partial charge in [-0.1, -0.05) is 35.3 Å². The Morgan fingerprint density at radius 3 is 2.61 bits per heavy atom. The van der Waals surface area contributed by atoms with Crippen LogP contribution in [-0.4, -0.2) is 42.8 Å². The monoisotopic (exact) mass is 288 g/mol. The van der Waals surface area contributed by atoms with Crippen LogP contribution in [0, 0.1) is 0 Å². The van der Waals surface area contributed by atoms with Gasteiger partial charge in [-0.15, -0.1) is 0 Å². The largest absolute Gasteiger partial charge is 0.394 e. The number of aliphatic hydroxyl groups is 1. The standard InChI is InChI=1S/C13H18Cl2N2O/c1-13(9-18,17-7-5-16-6-8-17)10-3-2-4-11(14)12(10)15/h2-4,16,18H,5-9H2,1H3. The van der Waals surface area contributed by atoms with Gasteiger partial charge in [-0.3, -0.25) is 4.90 Å². The summed E-state index contributed by atoms with van der Waals surface area (Å²) in [6, 6.07) is 5.58. The van der Waals surface area contributed by atoms with Gasteiger partial charge in [0.1, 0.15) is 0 Å². The van der Waals surface area contributed by atoms with Gasteiger partial charge < -0.3 is 10.4 Å². The minimum absolute atomic E-state index is 0.0209. The van der Waals surface area contributed by atoms with Crippen LogP contribution in [0.4, 0.5) is 0 Å². The average Bonchev–Trinajstić information content (AvgIpc) is 2.42. The highest BCUT2D eigenvalue weighted by molar-refractivity contribution is 6.42. The van der Waals surface area contributed by atoms with Gasteiger partial charge in [0.2, 0.25) is 0 Å². The van der Waals surface area contributed by atoms with Crippen LogP contribution in [0.3, 0.4) is 0 Å². The van der Waals surface area contributed by atoms with Crippen LogP contribution in [0.2, 0.25) is 10.0 Å². The highest BCUT2D eigenvalue weighted by atomic mass is 35.5. The fraction of sp³-hybridized carbons (Fsp3) is 0.538. The Kier molecular flexibility index (Phi) is 4.51. The molecule has 1 aliphatic heterocycles. The van der Waals surface area contributed by atoms with Crippen molar-refractivity contribution in [2.24, 2.45) is 0 Å². The molecule has 1 aromatic rings. The molecule has 1 saturated heterocycles. The van der Waals surface area contributed by atoms with E-state index in [9.17, 15) is 5.11 Å². The molecule has 1 aliphatic rings. The summed E-state index contributed by atoms with van der Waals surface area (Å²) in [5.74, 6) is 0. The molecule has 0 aliphatic carbocycles. The number of rotatable bonds is 3. The number of piperazine rings is 1. The molecule has 3 nitrogen and oxygen atoms in total. The minimum Gasteiger partial charge on any atom is -0.394 e. The maximum Gasteiger partial charge on any atom is 0.0681 e. The molecule has 0 saturated carbocycles. The fourth-order valence-corrected chi connectivity index (χ4v) is 2.94. The molecular formula is C13H18Cl2N2O. The zero-order valence-electron chi connectivity index (χ0n) is 10.4. The first-order valence-electron chi connectivity index (χ1n) is 6.10. The first kappa shape index (κ1) is 14.1. The SMILES string of the molecule is CC(CO)(c1cccc(Cl)c1Cl)N1CCNCC1. The van der Waals surface area contributed by atoms with Crippen LogP contribution in [0.5, 0.6) is 0 Å². The van der Waals surface area contributed by atoms with E-state index >= 15 is 0 Å². The maximum atomic E-state index is 9.84. The van der Waals surface area contributed by atoms with Gasteiger partial charge in [-0.2, -0.15) is 0 Å². The van der Waals surface area contributed by atoms with Gasteiger partial charge in [0, 0.05) is 26.2 Å². The van der Waals surface area contributed by atoms with E-state index in [0.29, 0.717) is 10.0 Å². The lowest BCUT2D eigenvalue weighted by Crippen LogP contribution is -2.54. The van der Waals surface area contributed by atoms with E-state index in [0.717, 1.165) is 31.7 Å². The van der Waals surface area contributed by atoms with Crippen molar-refractivity contribution in [1.82, 2.24) is 10.2 Å². The van der Waals surface area contributed by atoms with Crippen molar-refractivity contribution in [1.29, 1.82) is 0 Å². The summed E-state index contributed by atoms with van der Waals surface area (Å²) in [6.07, 6.45) is 0. The normalized spacial score (nSPS) is 20.7. The van der Waals surface area contributed by atoms with Gasteiger partial charge in [0.15, 0.2) is 0 Å². The second-order valence-electron chi connectivity index (χ2n) is 4.77. The van der Waals surface area contributed by atoms with Crippen molar-refractivity contribution >= 4 is 23.2 Å². The highest BCUT2D eigenvalue weighted by Crippen LogP contribution is 2.36. The first-order valence-corrected chi connectivity index (χ1v) is 6.86. The van der Waals surface area contributed by atoms with Gasteiger partial charge in [0.05, 0.1) is 22.2 Å². The van der Waals surface area contributed by atoms with Crippen molar-refractivity contribution in [3.63, 3.8) is 0 Å². The van der Waals surface area contributed by atoms with E-state index in [4.69, 9.17) is 23.2 Å². The third-order valence-corrected chi connectivity index (χ3v) is 4.47. The van der Waals surface area contributed by atoms with Crippen molar-refractivity contribution in [3.8, 4) is 0 Å². The summed E-state index contributed by atoms with van der Waals surface area (Å²) in [5, 5.41) is 14.2. The number of hydrogen-bond donors (Lipinski definition) is 2. The molecule has 0 aromatic heterocycles. The van der Waals surface area contributed by atoms with Gasteiger partial charge in [-0.25, -0.2) is 0 Å². The van der Waals surface area contributed by atoms with Crippen LogP contribution in [-0.2, 0) is 5.54 Å². The van der Waals surface area contributed by atoms with Crippen LogP contribution in [0.15, 0.2) is 18.2 Å². The molecule has 1 unspecified atom stereocenters. The van der Waals surface area contributed by atoms with Gasteiger partial charge in [0.25, 0.3) is 0 Å². The average molecular weight is 289 g/mol. The summed E-state index contributed by atoms with van der Waals surface area (Å²) in [4.78, 5) is 2.25. The van der Waals surface area contributed by atoms with Gasteiger partial charge >= 0.3 is 0 Å². The first-order chi connectivity index (χ1) is 8.59. The van der Waals surface area contributed by atoms with E-state index in [1.165, 1.54) is 0 Å². The second kappa shape index (κ2) is 5.76. The van der Waals surface area contributed by atoms with Crippen molar-refractivity contribution in [3.05, 3.63) is 33.8 Å². The van der Waals surface area contributed by atoms with E-state index < -0.39 is 5.54 Å². The number of hydrogen-bond acceptors (Lipinski definition) is 3. The smallest absolute Gasteiger partial charge is 0.0681 e. The van der Waals surface area contributed by atoms with Gasteiger partial charge in [-0.05, 0) is 18.6 Å². The summed E-state index contributed by atoms with van der Waals surface area (Å²) in [7, 11) is 0. The molecule has 2 rings (SSSR count). The summed E-state index contributed by atoms with van der Waals surface area (Å²) >= 11 is 12.4. The quantitative estimate of drug-likeness (QED) is 0.894. The third-order valence-electron chi connectivity index (χ3n) is 3.65. The van der Waals surface area contributed by atoms with E-state index in [1.807, 2.05) is 19.1 Å². The molecule has 1 aromatic carbocycles. The molecule has 0 spiro atoms. The third kappa shape index (κ3) is 2.51. The Labute approximate surface area is 118 Å². The van der Waals surface area contributed by atoms with Crippen molar-refractivity contribution in [2.45, 2.75) is 12.5 Å². The van der Waals surface area contributed by atoms with Crippen LogP contribution < -0.4 is 5.32 Å². The number of benzene rings is 1. The molecule has 1 fully saturated rings. The molecule has 0 radical (unpaired) electrons. The maximum absolute atomic E-state index is 9.84. The molecular weight excluding hydrogens is 271 g/mol. The van der Waals surface area contributed by atoms with Crippen LogP contribution in [0.1, 0.15) is 12.5 Å². The molecule has 1 atom stereocenters. The number of nitrogens with zero attached hydrogens (tertiary/aromatic N) is 1. The lowest BCUT2D eigenvalue weighted by Gasteiger charge is -2.43. The molecule has 5 heteroatoms. The topological polar surface area (TPSA) is 35.5 Å². The molecule has 100 valence electrons. The molecule has 0 bridgehead atoms. The Morgan fingerprint density at radius 2 is 2.00 bits per heavy atom. The Hall–Kier alpha value is -0.320. The molecule has 2 N–H and O–H groups in total. The zero-order valence-corrected chi connectivity index (χ0v) is 11.9. The Morgan fingerprint density at radius 1 is 1.33 bits per heavy atom. The number of aliphatic hydroxyl groups excluding tert-OH is 1. The Bertz CT molecular complexity index is 421. The predicted molar refractivity (Wildman–Crippen MR) is 75.3 cm³/mol. The van der Waals surface area contributed by atoms with E-state index in [2.05, 4.69) is 10.2 Å². The van der Waals surface area contributed by atoms with E-state index in [-0.39, 0.29) is 6.61 Å². The summed E-state index contributed by atoms with van der Waals surface area (Å²) < 4.78 is 0. The lowest BCUT2D eigenvalue weighted by molar-refractivity contribution is 0.0312. The molecule has 18 heavy (non-hydrogen) atoms. The number of halogens is 2. The highest BCUT2D eigenvalue weighted by Gasteiger charge is 2.35. The predicted octanol–water partition coefficient (Wildman–Crippen LogP) is 2.11. The number of nitrogens with one attached hydrogen (secondary N) is 1. The summed E-state index contributed by atoms with van der Waals surface area (Å²) in [5.41, 5.74) is 0.408.